The molecule has 0 aliphatic carbocycles. The SMILES string of the molecule is CC(C)(C)c1cc2c3c(c1)N(c1ccc(-c4ccccc4)cc1)c1ccc(-c4ccccc4)cc1B3c1cc(C3=NC4=NC(c5ccccc5)=NC5=NC(c6ccccc6)=NC(=N3)N54)ccc1N2c1ccc(-c2ccccc2)cc1. The lowest BCUT2D eigenvalue weighted by atomic mass is 9.33. The second-order valence-corrected chi connectivity index (χ2v) is 21.6. The van der Waals surface area contributed by atoms with Gasteiger partial charge in [0.1, 0.15) is 0 Å². The van der Waals surface area contributed by atoms with Gasteiger partial charge >= 0.3 is 0 Å². The molecule has 378 valence electrons. The molecule has 0 saturated carbocycles. The summed E-state index contributed by atoms with van der Waals surface area (Å²) in [6.07, 6.45) is 0. The maximum absolute atomic E-state index is 5.29. The maximum Gasteiger partial charge on any atom is 0.252 e. The van der Waals surface area contributed by atoms with Gasteiger partial charge in [0.2, 0.25) is 17.9 Å². The van der Waals surface area contributed by atoms with Crippen LogP contribution in [0.2, 0.25) is 0 Å². The molecule has 0 atom stereocenters. The third-order valence-corrected chi connectivity index (χ3v) is 15.7. The van der Waals surface area contributed by atoms with Crippen molar-refractivity contribution in [3.8, 4) is 33.4 Å². The summed E-state index contributed by atoms with van der Waals surface area (Å²) in [6, 6.07) is 88.6. The topological polar surface area (TPSA) is 83.9 Å². The number of nitrogens with zero attached hydrogens (tertiary/aromatic N) is 9. The molecule has 0 unspecified atom stereocenters. The van der Waals surface area contributed by atoms with Crippen molar-refractivity contribution in [2.75, 3.05) is 9.80 Å². The van der Waals surface area contributed by atoms with Crippen molar-refractivity contribution in [2.45, 2.75) is 26.2 Å². The van der Waals surface area contributed by atoms with Crippen molar-refractivity contribution >= 4 is 92.6 Å². The molecule has 0 amide bonds. The zero-order valence-electron chi connectivity index (χ0n) is 44.3. The van der Waals surface area contributed by atoms with Crippen LogP contribution in [0.15, 0.2) is 279 Å². The average molecular weight is 1030 g/mol. The Kier molecular flexibility index (Phi) is 11.0. The predicted molar refractivity (Wildman–Crippen MR) is 332 cm³/mol. The number of aliphatic imine (C=N–C) groups is 6. The molecule has 0 bridgehead atoms. The van der Waals surface area contributed by atoms with E-state index in [4.69, 9.17) is 30.0 Å². The first-order valence-electron chi connectivity index (χ1n) is 27.1. The Bertz CT molecular complexity index is 4240. The number of rotatable bonds is 8. The molecule has 0 spiro atoms. The van der Waals surface area contributed by atoms with E-state index in [0.717, 1.165) is 73.0 Å². The van der Waals surface area contributed by atoms with Crippen LogP contribution in [0.5, 0.6) is 0 Å². The lowest BCUT2D eigenvalue weighted by Gasteiger charge is -2.45. The fraction of sp³-hybridized carbons (Fsp3) is 0.0571. The van der Waals surface area contributed by atoms with Crippen LogP contribution in [0.1, 0.15) is 43.0 Å². The second kappa shape index (κ2) is 18.7. The number of benzene rings is 10. The fourth-order valence-electron chi connectivity index (χ4n) is 11.7. The van der Waals surface area contributed by atoms with Gasteiger partial charge in [-0.3, -0.25) is 0 Å². The fourth-order valence-corrected chi connectivity index (χ4v) is 11.7. The van der Waals surface area contributed by atoms with E-state index in [1.807, 2.05) is 60.7 Å². The molecule has 80 heavy (non-hydrogen) atoms. The summed E-state index contributed by atoms with van der Waals surface area (Å²) in [7, 11) is 0. The van der Waals surface area contributed by atoms with E-state index in [2.05, 4.69) is 219 Å². The van der Waals surface area contributed by atoms with Crippen LogP contribution < -0.4 is 26.2 Å². The number of hydrogen-bond acceptors (Lipinski definition) is 9. The molecule has 5 aliphatic heterocycles. The van der Waals surface area contributed by atoms with Crippen LogP contribution in [0.25, 0.3) is 33.4 Å². The molecule has 5 aliphatic rings. The Morgan fingerprint density at radius 3 is 1.01 bits per heavy atom. The number of fused-ring (bicyclic) bond motifs is 4. The minimum Gasteiger partial charge on any atom is -0.311 e. The molecule has 10 aromatic carbocycles. The Morgan fingerprint density at radius 1 is 0.287 bits per heavy atom. The predicted octanol–water partition coefficient (Wildman–Crippen LogP) is 14.1. The van der Waals surface area contributed by atoms with E-state index in [1.54, 1.807) is 4.90 Å². The van der Waals surface area contributed by atoms with E-state index in [1.165, 1.54) is 33.2 Å². The van der Waals surface area contributed by atoms with Gasteiger partial charge in [0.05, 0.1) is 0 Å². The zero-order valence-corrected chi connectivity index (χ0v) is 44.3. The molecule has 0 saturated heterocycles. The highest BCUT2D eigenvalue weighted by Crippen LogP contribution is 2.47. The molecule has 0 fully saturated rings. The van der Waals surface area contributed by atoms with Gasteiger partial charge in [-0.05, 0) is 115 Å². The summed E-state index contributed by atoms with van der Waals surface area (Å²) in [5.74, 6) is 2.73. The van der Waals surface area contributed by atoms with Gasteiger partial charge in [-0.15, -0.1) is 0 Å². The first-order valence-corrected chi connectivity index (χ1v) is 27.1. The second-order valence-electron chi connectivity index (χ2n) is 21.6. The smallest absolute Gasteiger partial charge is 0.252 e. The van der Waals surface area contributed by atoms with Crippen molar-refractivity contribution in [2.24, 2.45) is 30.0 Å². The molecule has 0 radical (unpaired) electrons. The number of guanidine groups is 3. The van der Waals surface area contributed by atoms with Crippen molar-refractivity contribution in [1.82, 2.24) is 4.90 Å². The molecule has 10 aromatic rings. The third-order valence-electron chi connectivity index (χ3n) is 15.7. The van der Waals surface area contributed by atoms with Crippen LogP contribution in [0, 0.1) is 0 Å². The summed E-state index contributed by atoms with van der Waals surface area (Å²) in [6.45, 7) is 6.73. The van der Waals surface area contributed by atoms with Crippen molar-refractivity contribution < 1.29 is 0 Å². The Balaban J connectivity index is 0.975. The van der Waals surface area contributed by atoms with Gasteiger partial charge in [-0.1, -0.05) is 215 Å². The molecule has 10 heteroatoms. The van der Waals surface area contributed by atoms with E-state index in [-0.39, 0.29) is 12.1 Å². The van der Waals surface area contributed by atoms with Gasteiger partial charge in [-0.2, -0.15) is 30.0 Å². The summed E-state index contributed by atoms with van der Waals surface area (Å²) in [5.41, 5.74) is 20.7. The van der Waals surface area contributed by atoms with Crippen LogP contribution in [0.4, 0.5) is 34.1 Å². The first-order chi connectivity index (χ1) is 39.3. The highest BCUT2D eigenvalue weighted by molar-refractivity contribution is 7.00. The van der Waals surface area contributed by atoms with Gasteiger partial charge in [0.25, 0.3) is 6.71 Å². The lowest BCUT2D eigenvalue weighted by molar-refractivity contribution is 0.590. The van der Waals surface area contributed by atoms with Crippen molar-refractivity contribution in [1.29, 1.82) is 0 Å². The molecule has 0 N–H and O–H groups in total. The van der Waals surface area contributed by atoms with Gasteiger partial charge in [0.15, 0.2) is 17.5 Å². The van der Waals surface area contributed by atoms with E-state index in [0.29, 0.717) is 35.4 Å². The Labute approximate surface area is 465 Å². The summed E-state index contributed by atoms with van der Waals surface area (Å²) < 4.78 is 0. The quantitative estimate of drug-likeness (QED) is 0.142. The molecule has 0 aromatic heterocycles. The van der Waals surface area contributed by atoms with Crippen LogP contribution in [-0.2, 0) is 5.41 Å². The average Bonchev–Trinajstić information content (AvgIpc) is 2.78. The van der Waals surface area contributed by atoms with Crippen LogP contribution in [-0.4, -0.2) is 47.0 Å². The van der Waals surface area contributed by atoms with Crippen LogP contribution in [0.3, 0.4) is 0 Å². The highest BCUT2D eigenvalue weighted by atomic mass is 15.5. The van der Waals surface area contributed by atoms with Crippen molar-refractivity contribution in [3.05, 3.63) is 271 Å². The third kappa shape index (κ3) is 8.02. The number of hydrogen-bond donors (Lipinski definition) is 0. The minimum absolute atomic E-state index is 0.195. The first kappa shape index (κ1) is 46.9. The summed E-state index contributed by atoms with van der Waals surface area (Å²) in [4.78, 5) is 37.5. The van der Waals surface area contributed by atoms with Gasteiger partial charge < -0.3 is 9.80 Å². The Morgan fingerprint density at radius 2 is 0.613 bits per heavy atom. The molecular formula is C70H50BN9. The van der Waals surface area contributed by atoms with Crippen molar-refractivity contribution in [3.63, 3.8) is 0 Å². The molecule has 9 nitrogen and oxygen atoms in total. The van der Waals surface area contributed by atoms with E-state index < -0.39 is 0 Å². The van der Waals surface area contributed by atoms with Gasteiger partial charge in [0, 0.05) is 50.8 Å². The zero-order chi connectivity index (χ0) is 53.5. The standard InChI is InChI=1S/C70H50BN9/c1-70(2,3)54-43-61-63-62(44-54)79(56-37-31-49(32-38-56)46-21-11-5-12-22-46)60-40-34-53(66-76-68-74-64(50-25-15-7-16-26-50)72-67-73-65(51-27-17-8-18-28-51)75-69(77-66)80(67)68)42-58(60)71(63)57-41-52(47-23-13-6-14-24-47)33-39-59(57)78(61)55-35-29-48(30-36-55)45-19-9-4-10-20-45/h4-44H,1-3H3. The molecular weight excluding hydrogens is 978 g/mol. The largest absolute Gasteiger partial charge is 0.311 e. The normalized spacial score (nSPS) is 14.8. The summed E-state index contributed by atoms with van der Waals surface area (Å²) >= 11 is 0. The molecule has 5 heterocycles. The van der Waals surface area contributed by atoms with Gasteiger partial charge in [-0.25, -0.2) is 4.90 Å². The summed E-state index contributed by atoms with van der Waals surface area (Å²) in [5, 5.41) is 0. The molecule has 15 rings (SSSR count). The maximum atomic E-state index is 5.29. The van der Waals surface area contributed by atoms with E-state index >= 15 is 0 Å². The Hall–Kier alpha value is -10.3. The monoisotopic (exact) mass is 1030 g/mol. The van der Waals surface area contributed by atoms with Crippen LogP contribution >= 0.6 is 0 Å². The lowest BCUT2D eigenvalue weighted by Crippen LogP contribution is -2.61. The number of anilines is 6. The van der Waals surface area contributed by atoms with E-state index in [9.17, 15) is 0 Å². The number of amidine groups is 3. The highest BCUT2D eigenvalue weighted by Gasteiger charge is 2.45. The minimum atomic E-state index is -0.212.